The number of nitrogens with one attached hydrogen (secondary N) is 1. The van der Waals surface area contributed by atoms with Gasteiger partial charge in [0.1, 0.15) is 5.76 Å². The van der Waals surface area contributed by atoms with E-state index < -0.39 is 0 Å². The van der Waals surface area contributed by atoms with Gasteiger partial charge in [-0.15, -0.1) is 5.10 Å². The number of hydrogen-bond acceptors (Lipinski definition) is 4. The van der Waals surface area contributed by atoms with Gasteiger partial charge in [-0.3, -0.25) is 9.48 Å². The first-order chi connectivity index (χ1) is 9.65. The molecule has 1 atom stereocenters. The molecule has 0 aliphatic carbocycles. The van der Waals surface area contributed by atoms with E-state index in [1.807, 2.05) is 0 Å². The van der Waals surface area contributed by atoms with Gasteiger partial charge < -0.3 is 9.73 Å². The van der Waals surface area contributed by atoms with E-state index in [-0.39, 0.29) is 11.9 Å². The Hall–Kier alpha value is -2.37. The molecular formula is C14H18N4O2. The predicted molar refractivity (Wildman–Crippen MR) is 74.5 cm³/mol. The number of nitrogens with zero attached hydrogens (tertiary/aromatic N) is 3. The summed E-state index contributed by atoms with van der Waals surface area (Å²) in [6.07, 6.45) is 8.08. The third-order valence-electron chi connectivity index (χ3n) is 2.93. The van der Waals surface area contributed by atoms with Gasteiger partial charge in [-0.05, 0) is 24.1 Å². The highest BCUT2D eigenvalue weighted by Crippen LogP contribution is 2.05. The third-order valence-corrected chi connectivity index (χ3v) is 2.93. The van der Waals surface area contributed by atoms with Crippen molar-refractivity contribution in [1.29, 1.82) is 0 Å². The lowest BCUT2D eigenvalue weighted by molar-refractivity contribution is -0.117. The Labute approximate surface area is 117 Å². The van der Waals surface area contributed by atoms with Gasteiger partial charge in [0.05, 0.1) is 25.0 Å². The van der Waals surface area contributed by atoms with Crippen LogP contribution in [0.25, 0.3) is 6.08 Å². The molecule has 0 fully saturated rings. The van der Waals surface area contributed by atoms with Gasteiger partial charge in [0.2, 0.25) is 5.91 Å². The summed E-state index contributed by atoms with van der Waals surface area (Å²) in [6, 6.07) is 3.56. The van der Waals surface area contributed by atoms with Crippen molar-refractivity contribution < 1.29 is 9.21 Å². The summed E-state index contributed by atoms with van der Waals surface area (Å²) >= 11 is 0. The van der Waals surface area contributed by atoms with E-state index in [4.69, 9.17) is 4.42 Å². The molecule has 0 aliphatic heterocycles. The normalized spacial score (nSPS) is 12.9. The Kier molecular flexibility index (Phi) is 4.70. The fourth-order valence-electron chi connectivity index (χ4n) is 1.73. The Bertz CT molecular complexity index is 544. The van der Waals surface area contributed by atoms with Gasteiger partial charge in [-0.1, -0.05) is 19.1 Å². The minimum Gasteiger partial charge on any atom is -0.465 e. The van der Waals surface area contributed by atoms with Crippen LogP contribution < -0.4 is 5.32 Å². The molecule has 0 saturated heterocycles. The molecule has 0 aromatic carbocycles. The Morgan fingerprint density at radius 1 is 1.55 bits per heavy atom. The molecule has 6 nitrogen and oxygen atoms in total. The molecule has 20 heavy (non-hydrogen) atoms. The lowest BCUT2D eigenvalue weighted by atomic mass is 10.0. The van der Waals surface area contributed by atoms with Gasteiger partial charge in [-0.25, -0.2) is 0 Å². The van der Waals surface area contributed by atoms with Crippen molar-refractivity contribution in [1.82, 2.24) is 20.3 Å². The summed E-state index contributed by atoms with van der Waals surface area (Å²) in [5, 5.41) is 10.6. The van der Waals surface area contributed by atoms with Crippen LogP contribution in [0.4, 0.5) is 0 Å². The van der Waals surface area contributed by atoms with E-state index in [9.17, 15) is 4.79 Å². The maximum Gasteiger partial charge on any atom is 0.244 e. The molecule has 1 amide bonds. The number of aromatic nitrogens is 3. The van der Waals surface area contributed by atoms with Crippen molar-refractivity contribution >= 4 is 12.0 Å². The number of amides is 1. The first-order valence-electron chi connectivity index (χ1n) is 6.51. The highest BCUT2D eigenvalue weighted by atomic mass is 16.3. The first kappa shape index (κ1) is 14.0. The van der Waals surface area contributed by atoms with Gasteiger partial charge in [0, 0.05) is 12.3 Å². The SMILES string of the molecule is CC(C)C(Cn1ccnn1)NC(=O)/C=C/c1ccco1. The lowest BCUT2D eigenvalue weighted by Crippen LogP contribution is -2.40. The second-order valence-corrected chi connectivity index (χ2v) is 4.83. The molecule has 2 heterocycles. The zero-order valence-corrected chi connectivity index (χ0v) is 11.6. The number of carbonyl (C=O) groups is 1. The molecule has 106 valence electrons. The highest BCUT2D eigenvalue weighted by molar-refractivity contribution is 5.91. The van der Waals surface area contributed by atoms with Crippen LogP contribution in [0.15, 0.2) is 41.3 Å². The minimum atomic E-state index is -0.153. The van der Waals surface area contributed by atoms with Gasteiger partial charge >= 0.3 is 0 Å². The summed E-state index contributed by atoms with van der Waals surface area (Å²) < 4.78 is 6.84. The monoisotopic (exact) mass is 274 g/mol. The van der Waals surface area contributed by atoms with E-state index in [0.717, 1.165) is 0 Å². The average Bonchev–Trinajstić information content (AvgIpc) is 3.08. The molecule has 2 rings (SSSR count). The van der Waals surface area contributed by atoms with Crippen molar-refractivity contribution in [3.05, 3.63) is 42.6 Å². The minimum absolute atomic E-state index is 0.00884. The lowest BCUT2D eigenvalue weighted by Gasteiger charge is -2.21. The number of rotatable bonds is 6. The fourth-order valence-corrected chi connectivity index (χ4v) is 1.73. The van der Waals surface area contributed by atoms with Gasteiger partial charge in [0.25, 0.3) is 0 Å². The van der Waals surface area contributed by atoms with Crippen LogP contribution in [-0.2, 0) is 11.3 Å². The van der Waals surface area contributed by atoms with Gasteiger partial charge in [-0.2, -0.15) is 0 Å². The standard InChI is InChI=1S/C14H18N4O2/c1-11(2)13(10-18-8-7-15-17-18)16-14(19)6-5-12-4-3-9-20-12/h3-9,11,13H,10H2,1-2H3,(H,16,19)/b6-5+. The molecule has 0 bridgehead atoms. The quantitative estimate of drug-likeness (QED) is 0.814. The first-order valence-corrected chi connectivity index (χ1v) is 6.51. The van der Waals surface area contributed by atoms with Crippen LogP contribution >= 0.6 is 0 Å². The van der Waals surface area contributed by atoms with Crippen molar-refractivity contribution in [3.8, 4) is 0 Å². The second-order valence-electron chi connectivity index (χ2n) is 4.83. The maximum atomic E-state index is 11.9. The fraction of sp³-hybridized carbons (Fsp3) is 0.357. The summed E-state index contributed by atoms with van der Waals surface area (Å²) in [7, 11) is 0. The number of hydrogen-bond donors (Lipinski definition) is 1. The van der Waals surface area contributed by atoms with Crippen molar-refractivity contribution in [2.24, 2.45) is 5.92 Å². The summed E-state index contributed by atoms with van der Waals surface area (Å²) in [4.78, 5) is 11.9. The van der Waals surface area contributed by atoms with Crippen LogP contribution in [0.1, 0.15) is 19.6 Å². The third kappa shape index (κ3) is 4.08. The smallest absolute Gasteiger partial charge is 0.244 e. The molecular weight excluding hydrogens is 256 g/mol. The average molecular weight is 274 g/mol. The van der Waals surface area contributed by atoms with Crippen LogP contribution in [0.2, 0.25) is 0 Å². The molecule has 0 spiro atoms. The molecule has 1 unspecified atom stereocenters. The van der Waals surface area contributed by atoms with Crippen molar-refractivity contribution in [2.75, 3.05) is 0 Å². The van der Waals surface area contributed by atoms with Crippen LogP contribution in [0, 0.1) is 5.92 Å². The summed E-state index contributed by atoms with van der Waals surface area (Å²) in [6.45, 7) is 4.70. The molecule has 0 aliphatic rings. The van der Waals surface area contributed by atoms with Crippen molar-refractivity contribution in [2.45, 2.75) is 26.4 Å². The van der Waals surface area contributed by atoms with E-state index in [1.165, 1.54) is 6.08 Å². The predicted octanol–water partition coefficient (Wildman–Crippen LogP) is 1.73. The van der Waals surface area contributed by atoms with E-state index >= 15 is 0 Å². The molecule has 2 aromatic rings. The molecule has 2 aromatic heterocycles. The summed E-state index contributed by atoms with van der Waals surface area (Å²) in [5.41, 5.74) is 0. The second kappa shape index (κ2) is 6.70. The highest BCUT2D eigenvalue weighted by Gasteiger charge is 2.16. The van der Waals surface area contributed by atoms with E-state index in [1.54, 1.807) is 41.5 Å². The van der Waals surface area contributed by atoms with Crippen LogP contribution in [0.5, 0.6) is 0 Å². The van der Waals surface area contributed by atoms with Gasteiger partial charge in [0.15, 0.2) is 0 Å². The van der Waals surface area contributed by atoms with E-state index in [2.05, 4.69) is 29.5 Å². The Morgan fingerprint density at radius 2 is 2.40 bits per heavy atom. The number of carbonyl (C=O) groups excluding carboxylic acids is 1. The Balaban J connectivity index is 1.92. The van der Waals surface area contributed by atoms with E-state index in [0.29, 0.717) is 18.2 Å². The molecule has 0 radical (unpaired) electrons. The largest absolute Gasteiger partial charge is 0.465 e. The number of furan rings is 1. The summed E-state index contributed by atoms with van der Waals surface area (Å²) in [5.74, 6) is 0.790. The van der Waals surface area contributed by atoms with Crippen LogP contribution in [-0.4, -0.2) is 26.9 Å². The molecule has 0 saturated carbocycles. The van der Waals surface area contributed by atoms with Crippen molar-refractivity contribution in [3.63, 3.8) is 0 Å². The Morgan fingerprint density at radius 3 is 3.00 bits per heavy atom. The van der Waals surface area contributed by atoms with Crippen LogP contribution in [0.3, 0.4) is 0 Å². The topological polar surface area (TPSA) is 73.0 Å². The zero-order valence-electron chi connectivity index (χ0n) is 11.6. The maximum absolute atomic E-state index is 11.9. The molecule has 1 N–H and O–H groups in total. The molecule has 6 heteroatoms. The zero-order chi connectivity index (χ0) is 14.4.